The zero-order chi connectivity index (χ0) is 36.6. The number of hydrogen-bond acceptors (Lipinski definition) is 1. The number of rotatable bonds is 4. The van der Waals surface area contributed by atoms with Crippen LogP contribution in [0.5, 0.6) is 0 Å². The number of benzene rings is 7. The zero-order valence-corrected chi connectivity index (χ0v) is 30.4. The Morgan fingerprint density at radius 2 is 1.20 bits per heavy atom. The highest BCUT2D eigenvalue weighted by molar-refractivity contribution is 6.26. The lowest BCUT2D eigenvalue weighted by atomic mass is 9.98. The maximum Gasteiger partial charge on any atom is 0.0991 e. The predicted octanol–water partition coefficient (Wildman–Crippen LogP) is 13.0. The first-order valence-electron chi connectivity index (χ1n) is 19.1. The highest BCUT2D eigenvalue weighted by Crippen LogP contribution is 2.45. The van der Waals surface area contributed by atoms with E-state index >= 15 is 0 Å². The minimum atomic E-state index is 0.520. The molecule has 260 valence electrons. The maximum atomic E-state index is 10.3. The largest absolute Gasteiger partial charge is 0.312 e. The fourth-order valence-corrected chi connectivity index (χ4v) is 9.34. The summed E-state index contributed by atoms with van der Waals surface area (Å²) in [7, 11) is 0. The number of allylic oxidation sites excluding steroid dienone is 1. The zero-order valence-electron chi connectivity index (χ0n) is 30.4. The van der Waals surface area contributed by atoms with Crippen molar-refractivity contribution < 1.29 is 0 Å². The Morgan fingerprint density at radius 1 is 0.545 bits per heavy atom. The maximum absolute atomic E-state index is 10.3. The van der Waals surface area contributed by atoms with E-state index in [9.17, 15) is 5.26 Å². The third-order valence-electron chi connectivity index (χ3n) is 11.7. The third kappa shape index (κ3) is 4.63. The summed E-state index contributed by atoms with van der Waals surface area (Å²) < 4.78 is 7.34. The van der Waals surface area contributed by atoms with Gasteiger partial charge in [-0.2, -0.15) is 5.26 Å². The summed E-state index contributed by atoms with van der Waals surface area (Å²) in [6.45, 7) is 2.35. The molecule has 0 radical (unpaired) electrons. The predicted molar refractivity (Wildman–Crippen MR) is 229 cm³/mol. The Bertz CT molecular complexity index is 3230. The van der Waals surface area contributed by atoms with Crippen molar-refractivity contribution in [2.24, 2.45) is 5.92 Å². The molecule has 0 spiro atoms. The molecule has 11 rings (SSSR count). The van der Waals surface area contributed by atoms with Crippen LogP contribution in [-0.2, 0) is 6.42 Å². The van der Waals surface area contributed by atoms with Crippen LogP contribution >= 0.6 is 0 Å². The Balaban J connectivity index is 1.25. The van der Waals surface area contributed by atoms with E-state index in [-0.39, 0.29) is 0 Å². The molecule has 55 heavy (non-hydrogen) atoms. The molecule has 4 heteroatoms. The monoisotopic (exact) mass is 704 g/mol. The highest BCUT2D eigenvalue weighted by Gasteiger charge is 2.25. The van der Waals surface area contributed by atoms with Crippen LogP contribution in [0.25, 0.3) is 88.8 Å². The summed E-state index contributed by atoms with van der Waals surface area (Å²) >= 11 is 0. The highest BCUT2D eigenvalue weighted by atomic mass is 15.0. The van der Waals surface area contributed by atoms with Crippen molar-refractivity contribution in [2.75, 3.05) is 0 Å². The Kier molecular flexibility index (Phi) is 6.99. The summed E-state index contributed by atoms with van der Waals surface area (Å²) in [5.74, 6) is 0.520. The average Bonchev–Trinajstić information content (AvgIpc) is 3.81. The van der Waals surface area contributed by atoms with Crippen molar-refractivity contribution in [2.45, 2.75) is 19.8 Å². The minimum Gasteiger partial charge on any atom is -0.312 e. The molecule has 1 atom stereocenters. The lowest BCUT2D eigenvalue weighted by Gasteiger charge is -2.20. The molecule has 7 aromatic carbocycles. The Labute approximate surface area is 319 Å². The molecule has 0 fully saturated rings. The van der Waals surface area contributed by atoms with E-state index in [1.54, 1.807) is 0 Å². The molecule has 0 amide bonds. The number of aromatic nitrogens is 3. The van der Waals surface area contributed by atoms with Gasteiger partial charge in [0.1, 0.15) is 0 Å². The van der Waals surface area contributed by atoms with Crippen molar-refractivity contribution >= 4 is 60.6 Å². The van der Waals surface area contributed by atoms with Gasteiger partial charge in [-0.3, -0.25) is 0 Å². The number of hydrogen-bond donors (Lipinski definition) is 0. The molecule has 0 saturated carbocycles. The minimum absolute atomic E-state index is 0.520. The van der Waals surface area contributed by atoms with Crippen LogP contribution in [0.2, 0.25) is 0 Å². The van der Waals surface area contributed by atoms with E-state index < -0.39 is 0 Å². The van der Waals surface area contributed by atoms with Gasteiger partial charge in [0.25, 0.3) is 0 Å². The van der Waals surface area contributed by atoms with E-state index in [2.05, 4.69) is 191 Å². The molecule has 0 N–H and O–H groups in total. The van der Waals surface area contributed by atoms with Gasteiger partial charge < -0.3 is 13.7 Å². The normalized spacial score (nSPS) is 14.2. The molecule has 0 saturated heterocycles. The van der Waals surface area contributed by atoms with Crippen LogP contribution in [0.1, 0.15) is 30.2 Å². The van der Waals surface area contributed by atoms with Gasteiger partial charge in [0, 0.05) is 55.0 Å². The molecule has 0 aliphatic heterocycles. The molecule has 0 bridgehead atoms. The lowest BCUT2D eigenvalue weighted by Crippen LogP contribution is -2.07. The van der Waals surface area contributed by atoms with E-state index in [0.717, 1.165) is 52.1 Å². The van der Waals surface area contributed by atoms with Crippen LogP contribution in [0.15, 0.2) is 164 Å². The summed E-state index contributed by atoms with van der Waals surface area (Å²) in [5.41, 5.74) is 14.5. The van der Waals surface area contributed by atoms with E-state index in [1.165, 1.54) is 54.7 Å². The van der Waals surface area contributed by atoms with Gasteiger partial charge in [-0.1, -0.05) is 116 Å². The Morgan fingerprint density at radius 3 is 2.00 bits per heavy atom. The van der Waals surface area contributed by atoms with Crippen molar-refractivity contribution in [3.8, 4) is 34.3 Å². The van der Waals surface area contributed by atoms with Crippen molar-refractivity contribution in [3.05, 3.63) is 181 Å². The van der Waals surface area contributed by atoms with E-state index in [1.807, 2.05) is 6.07 Å². The first kappa shape index (κ1) is 31.4. The summed E-state index contributed by atoms with van der Waals surface area (Å²) in [6.07, 6.45) is 6.71. The molecular formula is C51H36N4. The smallest absolute Gasteiger partial charge is 0.0991 e. The lowest BCUT2D eigenvalue weighted by molar-refractivity contribution is 0.581. The van der Waals surface area contributed by atoms with Gasteiger partial charge >= 0.3 is 0 Å². The van der Waals surface area contributed by atoms with E-state index in [4.69, 9.17) is 0 Å². The number of fused-ring (bicyclic) bond motifs is 10. The van der Waals surface area contributed by atoms with Crippen molar-refractivity contribution in [1.82, 2.24) is 13.7 Å². The third-order valence-corrected chi connectivity index (χ3v) is 11.7. The van der Waals surface area contributed by atoms with Gasteiger partial charge in [0.05, 0.1) is 50.6 Å². The fourth-order valence-electron chi connectivity index (χ4n) is 9.34. The van der Waals surface area contributed by atoms with Crippen LogP contribution < -0.4 is 0 Å². The summed E-state index contributed by atoms with van der Waals surface area (Å²) in [6, 6.07) is 59.0. The first-order chi connectivity index (χ1) is 27.2. The second-order valence-corrected chi connectivity index (χ2v) is 14.9. The molecule has 10 aromatic rings. The molecule has 3 heterocycles. The molecule has 1 aliphatic carbocycles. The Hall–Kier alpha value is -7.09. The quantitative estimate of drug-likeness (QED) is 0.180. The van der Waals surface area contributed by atoms with Gasteiger partial charge in [-0.15, -0.1) is 0 Å². The average molecular weight is 705 g/mol. The van der Waals surface area contributed by atoms with Gasteiger partial charge in [0.15, 0.2) is 0 Å². The van der Waals surface area contributed by atoms with Gasteiger partial charge in [-0.05, 0) is 79.4 Å². The molecule has 0 unspecified atom stereocenters. The van der Waals surface area contributed by atoms with E-state index in [0.29, 0.717) is 11.5 Å². The van der Waals surface area contributed by atoms with Gasteiger partial charge in [-0.25, -0.2) is 0 Å². The van der Waals surface area contributed by atoms with Crippen molar-refractivity contribution in [1.29, 1.82) is 5.26 Å². The molecular weight excluding hydrogens is 669 g/mol. The summed E-state index contributed by atoms with van der Waals surface area (Å²) in [4.78, 5) is 0. The van der Waals surface area contributed by atoms with Crippen molar-refractivity contribution in [3.63, 3.8) is 0 Å². The SMILES string of the molecule is C[C@H]1CC=Cc2c(n(-c3ccccc3-c3cc(C#N)ccc3-n3c4ccccc4c4c3ccc3c5ccccc5n(-c5ccccc5)c34)c3ccccc23)C1. The second-order valence-electron chi connectivity index (χ2n) is 14.9. The molecule has 1 aliphatic rings. The fraction of sp³-hybridized carbons (Fsp3) is 0.0784. The van der Waals surface area contributed by atoms with Crippen LogP contribution in [-0.4, -0.2) is 13.7 Å². The standard InChI is InChI=1S/C51H36N4/c1-33-14-13-21-37-36-17-5-10-23-44(36)55(49(37)30-33)45-24-11-7-19-39(45)42-31-34(32-52)26-28-47(42)54-46-25-12-8-20-41(46)50-48(54)29-27-40-38-18-6-9-22-43(38)53(51(40)50)35-15-3-2-4-16-35/h2-13,15-29,31,33H,14,30H2,1H3/t33-/m0/s1. The topological polar surface area (TPSA) is 38.6 Å². The second kappa shape index (κ2) is 12.2. The molecule has 3 aromatic heterocycles. The van der Waals surface area contributed by atoms with Crippen LogP contribution in [0.4, 0.5) is 0 Å². The first-order valence-corrected chi connectivity index (χ1v) is 19.1. The number of para-hydroxylation sites is 5. The summed E-state index contributed by atoms with van der Waals surface area (Å²) in [5, 5.41) is 16.5. The van der Waals surface area contributed by atoms with Crippen LogP contribution in [0, 0.1) is 17.2 Å². The molecule has 4 nitrogen and oxygen atoms in total. The number of nitrogens with zero attached hydrogens (tertiary/aromatic N) is 4. The number of nitriles is 1. The van der Waals surface area contributed by atoms with Crippen LogP contribution in [0.3, 0.4) is 0 Å². The van der Waals surface area contributed by atoms with Gasteiger partial charge in [0.2, 0.25) is 0 Å².